The van der Waals surface area contributed by atoms with E-state index in [2.05, 4.69) is 4.98 Å². The molecule has 1 aromatic carbocycles. The van der Waals surface area contributed by atoms with Crippen LogP contribution in [0, 0.1) is 6.92 Å². The molecule has 112 valence electrons. The fourth-order valence-corrected chi connectivity index (χ4v) is 1.83. The molecular weight excluding hydrogens is 272 g/mol. The first-order chi connectivity index (χ1) is 10.1. The van der Waals surface area contributed by atoms with Crippen molar-refractivity contribution in [1.29, 1.82) is 0 Å². The maximum atomic E-state index is 5.74. The predicted molar refractivity (Wildman–Crippen MR) is 79.6 cm³/mol. The first-order valence-electron chi connectivity index (χ1n) is 6.29. The molecule has 0 aliphatic rings. The van der Waals surface area contributed by atoms with Crippen molar-refractivity contribution in [3.8, 4) is 28.9 Å². The van der Waals surface area contributed by atoms with E-state index >= 15 is 0 Å². The Hall–Kier alpha value is -2.63. The predicted octanol–water partition coefficient (Wildman–Crippen LogP) is 2.79. The highest BCUT2D eigenvalue weighted by atomic mass is 16.5. The Morgan fingerprint density at radius 2 is 1.57 bits per heavy atom. The maximum Gasteiger partial charge on any atom is 0.219 e. The van der Waals surface area contributed by atoms with Crippen molar-refractivity contribution in [2.45, 2.75) is 6.92 Å². The molecule has 6 heteroatoms. The smallest absolute Gasteiger partial charge is 0.219 e. The van der Waals surface area contributed by atoms with E-state index in [-0.39, 0.29) is 0 Å². The van der Waals surface area contributed by atoms with Gasteiger partial charge < -0.3 is 24.7 Å². The van der Waals surface area contributed by atoms with E-state index in [1.165, 1.54) is 0 Å². The second-order valence-electron chi connectivity index (χ2n) is 4.34. The Labute approximate surface area is 123 Å². The molecule has 2 aromatic rings. The van der Waals surface area contributed by atoms with Crippen LogP contribution in [-0.2, 0) is 0 Å². The topological polar surface area (TPSA) is 75.8 Å². The third-order valence-corrected chi connectivity index (χ3v) is 2.99. The van der Waals surface area contributed by atoms with Gasteiger partial charge in [-0.15, -0.1) is 0 Å². The zero-order valence-electron chi connectivity index (χ0n) is 12.5. The van der Waals surface area contributed by atoms with Crippen LogP contribution in [0.4, 0.5) is 5.69 Å². The lowest BCUT2D eigenvalue weighted by atomic mass is 10.2. The van der Waals surface area contributed by atoms with E-state index in [0.717, 1.165) is 5.56 Å². The van der Waals surface area contributed by atoms with E-state index in [1.807, 2.05) is 6.92 Å². The van der Waals surface area contributed by atoms with Gasteiger partial charge in [0.2, 0.25) is 11.6 Å². The van der Waals surface area contributed by atoms with E-state index in [1.54, 1.807) is 45.7 Å². The monoisotopic (exact) mass is 290 g/mol. The quantitative estimate of drug-likeness (QED) is 0.912. The van der Waals surface area contributed by atoms with Crippen molar-refractivity contribution in [3.63, 3.8) is 0 Å². The number of hydrogen-bond donors (Lipinski definition) is 1. The molecule has 21 heavy (non-hydrogen) atoms. The van der Waals surface area contributed by atoms with Crippen LogP contribution in [-0.4, -0.2) is 26.3 Å². The van der Waals surface area contributed by atoms with E-state index < -0.39 is 0 Å². The van der Waals surface area contributed by atoms with Gasteiger partial charge >= 0.3 is 0 Å². The SMILES string of the molecule is COc1cc(Oc2cc(C)c(N)cn2)cc(OC)c1OC. The lowest BCUT2D eigenvalue weighted by Gasteiger charge is -2.14. The van der Waals surface area contributed by atoms with Gasteiger partial charge in [-0.2, -0.15) is 0 Å². The summed E-state index contributed by atoms with van der Waals surface area (Å²) in [4.78, 5) is 4.13. The van der Waals surface area contributed by atoms with Gasteiger partial charge in [0, 0.05) is 18.2 Å². The number of aryl methyl sites for hydroxylation is 1. The molecule has 6 nitrogen and oxygen atoms in total. The lowest BCUT2D eigenvalue weighted by Crippen LogP contribution is -1.97. The van der Waals surface area contributed by atoms with Crippen molar-refractivity contribution < 1.29 is 18.9 Å². The highest BCUT2D eigenvalue weighted by Gasteiger charge is 2.14. The fraction of sp³-hybridized carbons (Fsp3) is 0.267. The van der Waals surface area contributed by atoms with Gasteiger partial charge in [0.1, 0.15) is 5.75 Å². The fourth-order valence-electron chi connectivity index (χ4n) is 1.83. The summed E-state index contributed by atoms with van der Waals surface area (Å²) in [6.07, 6.45) is 1.56. The molecule has 0 aliphatic carbocycles. The van der Waals surface area contributed by atoms with Gasteiger partial charge in [-0.05, 0) is 12.5 Å². The highest BCUT2D eigenvalue weighted by Crippen LogP contribution is 2.41. The number of anilines is 1. The van der Waals surface area contributed by atoms with E-state index in [4.69, 9.17) is 24.7 Å². The number of benzene rings is 1. The number of nitrogen functional groups attached to an aromatic ring is 1. The minimum absolute atomic E-state index is 0.441. The summed E-state index contributed by atoms with van der Waals surface area (Å²) in [5.74, 6) is 2.50. The summed E-state index contributed by atoms with van der Waals surface area (Å²) in [7, 11) is 4.64. The Morgan fingerprint density at radius 3 is 2.05 bits per heavy atom. The summed E-state index contributed by atoms with van der Waals surface area (Å²) in [5.41, 5.74) is 7.25. The van der Waals surface area contributed by atoms with Gasteiger partial charge in [-0.25, -0.2) is 4.98 Å². The Kier molecular flexibility index (Phi) is 4.37. The highest BCUT2D eigenvalue weighted by molar-refractivity contribution is 5.56. The van der Waals surface area contributed by atoms with Gasteiger partial charge in [-0.1, -0.05) is 0 Å². The van der Waals surface area contributed by atoms with Gasteiger partial charge in [0.25, 0.3) is 0 Å². The van der Waals surface area contributed by atoms with Crippen LogP contribution < -0.4 is 24.7 Å². The second-order valence-corrected chi connectivity index (χ2v) is 4.34. The molecule has 0 amide bonds. The molecule has 2 rings (SSSR count). The van der Waals surface area contributed by atoms with Crippen molar-refractivity contribution >= 4 is 5.69 Å². The Bertz CT molecular complexity index is 619. The average Bonchev–Trinajstić information content (AvgIpc) is 2.49. The summed E-state index contributed by atoms with van der Waals surface area (Å²) < 4.78 is 21.5. The van der Waals surface area contributed by atoms with Crippen LogP contribution in [0.3, 0.4) is 0 Å². The number of hydrogen-bond acceptors (Lipinski definition) is 6. The molecule has 0 fully saturated rings. The van der Waals surface area contributed by atoms with Gasteiger partial charge in [0.05, 0.1) is 33.2 Å². The molecule has 0 saturated carbocycles. The van der Waals surface area contributed by atoms with Crippen LogP contribution in [0.25, 0.3) is 0 Å². The van der Waals surface area contributed by atoms with Crippen molar-refractivity contribution in [2.24, 2.45) is 0 Å². The minimum atomic E-state index is 0.441. The number of aromatic nitrogens is 1. The normalized spacial score (nSPS) is 10.1. The molecule has 0 unspecified atom stereocenters. The number of nitrogens with zero attached hydrogens (tertiary/aromatic N) is 1. The third-order valence-electron chi connectivity index (χ3n) is 2.99. The van der Waals surface area contributed by atoms with E-state index in [9.17, 15) is 0 Å². The largest absolute Gasteiger partial charge is 0.493 e. The molecule has 1 heterocycles. The second kappa shape index (κ2) is 6.21. The first-order valence-corrected chi connectivity index (χ1v) is 6.29. The molecule has 0 saturated heterocycles. The number of methoxy groups -OCH3 is 3. The van der Waals surface area contributed by atoms with Crippen molar-refractivity contribution in [2.75, 3.05) is 27.1 Å². The summed E-state index contributed by atoms with van der Waals surface area (Å²) in [6, 6.07) is 5.17. The number of pyridine rings is 1. The molecular formula is C15H18N2O4. The van der Waals surface area contributed by atoms with Crippen LogP contribution in [0.15, 0.2) is 24.4 Å². The van der Waals surface area contributed by atoms with Crippen molar-refractivity contribution in [1.82, 2.24) is 4.98 Å². The number of nitrogens with two attached hydrogens (primary N) is 1. The molecule has 2 N–H and O–H groups in total. The molecule has 0 atom stereocenters. The summed E-state index contributed by atoms with van der Waals surface area (Å²) >= 11 is 0. The Balaban J connectivity index is 2.37. The number of rotatable bonds is 5. The zero-order valence-corrected chi connectivity index (χ0v) is 12.5. The lowest BCUT2D eigenvalue weighted by molar-refractivity contribution is 0.320. The third kappa shape index (κ3) is 3.10. The summed E-state index contributed by atoms with van der Waals surface area (Å²) in [6.45, 7) is 1.89. The Morgan fingerprint density at radius 1 is 0.952 bits per heavy atom. The van der Waals surface area contributed by atoms with Gasteiger partial charge in [0.15, 0.2) is 11.5 Å². The molecule has 0 radical (unpaired) electrons. The first kappa shape index (κ1) is 14.8. The zero-order chi connectivity index (χ0) is 15.4. The molecule has 1 aromatic heterocycles. The van der Waals surface area contributed by atoms with E-state index in [0.29, 0.717) is 34.6 Å². The standard InChI is InChI=1S/C15H18N2O4/c1-9-5-14(17-8-11(9)16)21-10-6-12(18-2)15(20-4)13(7-10)19-3/h5-8H,16H2,1-4H3. The van der Waals surface area contributed by atoms with Crippen LogP contribution in [0.2, 0.25) is 0 Å². The molecule has 0 bridgehead atoms. The summed E-state index contributed by atoms with van der Waals surface area (Å²) in [5, 5.41) is 0. The molecule has 0 aliphatic heterocycles. The van der Waals surface area contributed by atoms with Crippen LogP contribution >= 0.6 is 0 Å². The van der Waals surface area contributed by atoms with Crippen molar-refractivity contribution in [3.05, 3.63) is 30.0 Å². The van der Waals surface area contributed by atoms with Crippen LogP contribution in [0.5, 0.6) is 28.9 Å². The minimum Gasteiger partial charge on any atom is -0.493 e. The number of ether oxygens (including phenoxy) is 4. The molecule has 0 spiro atoms. The van der Waals surface area contributed by atoms with Crippen LogP contribution in [0.1, 0.15) is 5.56 Å². The van der Waals surface area contributed by atoms with Gasteiger partial charge in [-0.3, -0.25) is 0 Å². The average molecular weight is 290 g/mol. The maximum absolute atomic E-state index is 5.74.